The number of esters is 1. The van der Waals surface area contributed by atoms with E-state index in [-0.39, 0.29) is 11.3 Å². The summed E-state index contributed by atoms with van der Waals surface area (Å²) in [6, 6.07) is 4.67. The summed E-state index contributed by atoms with van der Waals surface area (Å²) in [6.07, 6.45) is 0. The van der Waals surface area contributed by atoms with Crippen molar-refractivity contribution in [2.45, 2.75) is 0 Å². The Balaban J connectivity index is 3.16. The van der Waals surface area contributed by atoms with Crippen LogP contribution in [0.4, 0.5) is 0 Å². The predicted octanol–water partition coefficient (Wildman–Crippen LogP) is 2.85. The highest BCUT2D eigenvalue weighted by molar-refractivity contribution is 6.52. The van der Waals surface area contributed by atoms with E-state index in [2.05, 4.69) is 16.1 Å². The minimum Gasteiger partial charge on any atom is -0.460 e. The molecule has 1 aromatic rings. The molecule has 6 heteroatoms. The zero-order valence-corrected chi connectivity index (χ0v) is 10.4. The van der Waals surface area contributed by atoms with Crippen LogP contribution in [-0.4, -0.2) is 23.6 Å². The molecule has 0 spiro atoms. The zero-order chi connectivity index (χ0) is 13.0. The van der Waals surface area contributed by atoms with Gasteiger partial charge in [0.1, 0.15) is 0 Å². The number of ether oxygens (including phenoxy) is 1. The predicted molar refractivity (Wildman–Crippen MR) is 66.1 cm³/mol. The van der Waals surface area contributed by atoms with Gasteiger partial charge in [0.25, 0.3) is 0 Å². The molecule has 0 aliphatic heterocycles. The molecule has 0 aromatic heterocycles. The monoisotopic (exact) mass is 270 g/mol. The first-order valence-electron chi connectivity index (χ1n) is 4.46. The standard InChI is InChI=1S/C11H8Cl2N2O2/c1-6(10(15-14)11(16)17-2)7-3-4-8(12)9(13)5-7/h3-5H,1H2,2H3. The number of halogens is 2. The zero-order valence-electron chi connectivity index (χ0n) is 8.91. The van der Waals surface area contributed by atoms with Crippen molar-refractivity contribution < 1.29 is 14.3 Å². The molecule has 4 nitrogen and oxygen atoms in total. The molecule has 17 heavy (non-hydrogen) atoms. The summed E-state index contributed by atoms with van der Waals surface area (Å²) in [7, 11) is 1.18. The second-order valence-electron chi connectivity index (χ2n) is 3.05. The fraction of sp³-hybridized carbons (Fsp3) is 0.0909. The highest BCUT2D eigenvalue weighted by Crippen LogP contribution is 2.25. The van der Waals surface area contributed by atoms with Crippen LogP contribution < -0.4 is 0 Å². The van der Waals surface area contributed by atoms with E-state index in [1.54, 1.807) is 12.1 Å². The number of benzene rings is 1. The number of hydrogen-bond donors (Lipinski definition) is 0. The molecule has 1 aromatic carbocycles. The van der Waals surface area contributed by atoms with Crippen LogP contribution in [0, 0.1) is 0 Å². The highest BCUT2D eigenvalue weighted by Gasteiger charge is 2.26. The third kappa shape index (κ3) is 2.94. The van der Waals surface area contributed by atoms with Gasteiger partial charge in [-0.05, 0) is 17.7 Å². The van der Waals surface area contributed by atoms with E-state index in [0.717, 1.165) is 0 Å². The normalized spacial score (nSPS) is 9.35. The molecule has 0 heterocycles. The number of rotatable bonds is 3. The maximum absolute atomic E-state index is 11.3. The molecular formula is C11H8Cl2N2O2. The fourth-order valence-electron chi connectivity index (χ4n) is 1.14. The molecule has 0 bridgehead atoms. The van der Waals surface area contributed by atoms with Crippen LogP contribution >= 0.6 is 23.2 Å². The molecular weight excluding hydrogens is 263 g/mol. The number of methoxy groups -OCH3 is 1. The van der Waals surface area contributed by atoms with Gasteiger partial charge in [-0.3, -0.25) is 0 Å². The summed E-state index contributed by atoms with van der Waals surface area (Å²) in [5.74, 6) is -0.788. The Morgan fingerprint density at radius 1 is 1.41 bits per heavy atom. The van der Waals surface area contributed by atoms with Crippen molar-refractivity contribution in [2.24, 2.45) is 0 Å². The Morgan fingerprint density at radius 3 is 2.53 bits per heavy atom. The smallest absolute Gasteiger partial charge is 0.422 e. The van der Waals surface area contributed by atoms with Gasteiger partial charge >= 0.3 is 11.7 Å². The van der Waals surface area contributed by atoms with Crippen molar-refractivity contribution in [3.05, 3.63) is 45.9 Å². The Labute approximate surface area is 108 Å². The lowest BCUT2D eigenvalue weighted by Crippen LogP contribution is -2.18. The Hall–Kier alpha value is -1.61. The molecule has 0 aliphatic rings. The van der Waals surface area contributed by atoms with Crippen molar-refractivity contribution >= 4 is 40.5 Å². The average Bonchev–Trinajstić information content (AvgIpc) is 2.33. The van der Waals surface area contributed by atoms with Gasteiger partial charge in [-0.25, -0.2) is 4.79 Å². The van der Waals surface area contributed by atoms with Crippen LogP contribution in [0.3, 0.4) is 0 Å². The molecule has 0 saturated heterocycles. The van der Waals surface area contributed by atoms with E-state index in [1.165, 1.54) is 13.2 Å². The van der Waals surface area contributed by atoms with E-state index in [4.69, 9.17) is 28.7 Å². The Bertz CT molecular complexity index is 534. The highest BCUT2D eigenvalue weighted by atomic mass is 35.5. The van der Waals surface area contributed by atoms with E-state index < -0.39 is 5.97 Å². The largest absolute Gasteiger partial charge is 0.460 e. The SMILES string of the molecule is C=C(C(=[N+]=[N-])C(=O)OC)c1ccc(Cl)c(Cl)c1. The van der Waals surface area contributed by atoms with E-state index in [1.807, 2.05) is 0 Å². The molecule has 0 fully saturated rings. The second-order valence-corrected chi connectivity index (χ2v) is 3.86. The third-order valence-electron chi connectivity index (χ3n) is 2.03. The average molecular weight is 271 g/mol. The molecule has 0 unspecified atom stereocenters. The number of nitrogens with zero attached hydrogens (tertiary/aromatic N) is 2. The van der Waals surface area contributed by atoms with Crippen molar-refractivity contribution in [2.75, 3.05) is 7.11 Å². The first-order valence-corrected chi connectivity index (χ1v) is 5.22. The minimum absolute atomic E-state index is 0.193. The lowest BCUT2D eigenvalue weighted by molar-refractivity contribution is -0.136. The van der Waals surface area contributed by atoms with Crippen molar-refractivity contribution in [3.63, 3.8) is 0 Å². The first kappa shape index (κ1) is 13.5. The molecule has 0 radical (unpaired) electrons. The maximum atomic E-state index is 11.3. The summed E-state index contributed by atoms with van der Waals surface area (Å²) in [5, 5.41) is 0.691. The summed E-state index contributed by atoms with van der Waals surface area (Å²) in [5.41, 5.74) is 9.17. The fourth-order valence-corrected chi connectivity index (χ4v) is 1.44. The Morgan fingerprint density at radius 2 is 2.06 bits per heavy atom. The van der Waals surface area contributed by atoms with Gasteiger partial charge < -0.3 is 10.3 Å². The van der Waals surface area contributed by atoms with Gasteiger partial charge in [0.05, 0.1) is 22.7 Å². The topological polar surface area (TPSA) is 62.7 Å². The van der Waals surface area contributed by atoms with E-state index in [0.29, 0.717) is 15.6 Å². The summed E-state index contributed by atoms with van der Waals surface area (Å²) < 4.78 is 4.45. The summed E-state index contributed by atoms with van der Waals surface area (Å²) >= 11 is 11.6. The first-order chi connectivity index (χ1) is 8.01. The second kappa shape index (κ2) is 5.64. The number of carbonyl (C=O) groups excluding carboxylic acids is 1. The summed E-state index contributed by atoms with van der Waals surface area (Å²) in [6.45, 7) is 3.64. The molecule has 0 atom stereocenters. The lowest BCUT2D eigenvalue weighted by atomic mass is 10.0. The maximum Gasteiger partial charge on any atom is 0.422 e. The third-order valence-corrected chi connectivity index (χ3v) is 2.77. The number of carbonyl (C=O) groups is 1. The molecule has 0 aliphatic carbocycles. The van der Waals surface area contributed by atoms with Crippen LogP contribution in [0.25, 0.3) is 11.1 Å². The van der Waals surface area contributed by atoms with Gasteiger partial charge in [0, 0.05) is 0 Å². The van der Waals surface area contributed by atoms with E-state index >= 15 is 0 Å². The molecule has 0 N–H and O–H groups in total. The lowest BCUT2D eigenvalue weighted by Gasteiger charge is -2.02. The van der Waals surface area contributed by atoms with Crippen molar-refractivity contribution in [3.8, 4) is 0 Å². The van der Waals surface area contributed by atoms with Crippen LogP contribution in [-0.2, 0) is 9.53 Å². The van der Waals surface area contributed by atoms with Crippen LogP contribution in [0.5, 0.6) is 0 Å². The van der Waals surface area contributed by atoms with Crippen LogP contribution in [0.15, 0.2) is 24.8 Å². The van der Waals surface area contributed by atoms with Gasteiger partial charge in [0.15, 0.2) is 0 Å². The quantitative estimate of drug-likeness (QED) is 0.367. The van der Waals surface area contributed by atoms with Gasteiger partial charge in [0.2, 0.25) is 0 Å². The molecule has 0 amide bonds. The minimum atomic E-state index is -0.788. The Kier molecular flexibility index (Phi) is 4.46. The van der Waals surface area contributed by atoms with E-state index in [9.17, 15) is 4.79 Å². The van der Waals surface area contributed by atoms with Gasteiger partial charge in [-0.1, -0.05) is 35.8 Å². The molecule has 88 valence electrons. The molecule has 0 saturated carbocycles. The van der Waals surface area contributed by atoms with Crippen molar-refractivity contribution in [1.29, 1.82) is 0 Å². The van der Waals surface area contributed by atoms with Gasteiger partial charge in [-0.2, -0.15) is 4.79 Å². The molecule has 1 rings (SSSR count). The number of hydrogen-bond acceptors (Lipinski definition) is 2. The van der Waals surface area contributed by atoms with Crippen molar-refractivity contribution in [1.82, 2.24) is 0 Å². The van der Waals surface area contributed by atoms with Crippen LogP contribution in [0.2, 0.25) is 10.0 Å². The summed E-state index contributed by atoms with van der Waals surface area (Å²) in [4.78, 5) is 14.1. The van der Waals surface area contributed by atoms with Crippen LogP contribution in [0.1, 0.15) is 5.56 Å². The van der Waals surface area contributed by atoms with Gasteiger partial charge in [-0.15, -0.1) is 0 Å².